The number of hydrogen-bond donors (Lipinski definition) is 1. The summed E-state index contributed by atoms with van der Waals surface area (Å²) in [4.78, 5) is 2.37. The Morgan fingerprint density at radius 3 is 2.63 bits per heavy atom. The van der Waals surface area contributed by atoms with Crippen molar-refractivity contribution in [1.29, 1.82) is 0 Å². The van der Waals surface area contributed by atoms with Crippen LogP contribution in [-0.4, -0.2) is 42.4 Å². The van der Waals surface area contributed by atoms with Crippen molar-refractivity contribution >= 4 is 23.2 Å². The van der Waals surface area contributed by atoms with Crippen LogP contribution in [0.15, 0.2) is 18.2 Å². The summed E-state index contributed by atoms with van der Waals surface area (Å²) in [5.41, 5.74) is 1.11. The number of rotatable bonds is 5. The molecule has 1 fully saturated rings. The quantitative estimate of drug-likeness (QED) is 0.908. The van der Waals surface area contributed by atoms with Gasteiger partial charge in [-0.05, 0) is 30.5 Å². The Balaban J connectivity index is 1.82. The highest BCUT2D eigenvalue weighted by Gasteiger charge is 2.20. The summed E-state index contributed by atoms with van der Waals surface area (Å²) in [6.45, 7) is 3.38. The van der Waals surface area contributed by atoms with Crippen molar-refractivity contribution in [3.05, 3.63) is 33.8 Å². The summed E-state index contributed by atoms with van der Waals surface area (Å²) >= 11 is 12.1. The van der Waals surface area contributed by atoms with Gasteiger partial charge in [-0.2, -0.15) is 0 Å². The highest BCUT2D eigenvalue weighted by molar-refractivity contribution is 6.35. The summed E-state index contributed by atoms with van der Waals surface area (Å²) < 4.78 is 5.55. The standard InChI is InChI=1S/C14H19Cl2NO2/c15-12-2-1-11(14(16)9-12)10-17-5-3-13(4-6-17)19-8-7-18/h1-2,9,13,18H,3-8,10H2. The van der Waals surface area contributed by atoms with Gasteiger partial charge in [0, 0.05) is 29.7 Å². The van der Waals surface area contributed by atoms with Crippen LogP contribution in [0.2, 0.25) is 10.0 Å². The predicted molar refractivity (Wildman–Crippen MR) is 77.8 cm³/mol. The number of aliphatic hydroxyl groups is 1. The van der Waals surface area contributed by atoms with Crippen LogP contribution in [0, 0.1) is 0 Å². The third kappa shape index (κ3) is 4.62. The Hall–Kier alpha value is -0.320. The van der Waals surface area contributed by atoms with Gasteiger partial charge in [0.15, 0.2) is 0 Å². The average Bonchev–Trinajstić information content (AvgIpc) is 2.41. The lowest BCUT2D eigenvalue weighted by atomic mass is 10.1. The van der Waals surface area contributed by atoms with E-state index in [4.69, 9.17) is 33.0 Å². The van der Waals surface area contributed by atoms with E-state index in [2.05, 4.69) is 4.90 Å². The van der Waals surface area contributed by atoms with Crippen LogP contribution in [0.1, 0.15) is 18.4 Å². The van der Waals surface area contributed by atoms with Gasteiger partial charge in [0.25, 0.3) is 0 Å². The molecule has 1 saturated heterocycles. The molecule has 1 aromatic carbocycles. The van der Waals surface area contributed by atoms with E-state index in [0.717, 1.165) is 43.1 Å². The van der Waals surface area contributed by atoms with Gasteiger partial charge in [0.05, 0.1) is 19.3 Å². The van der Waals surface area contributed by atoms with Gasteiger partial charge in [-0.15, -0.1) is 0 Å². The molecule has 1 N–H and O–H groups in total. The number of aliphatic hydroxyl groups excluding tert-OH is 1. The fourth-order valence-corrected chi connectivity index (χ4v) is 2.81. The van der Waals surface area contributed by atoms with Crippen molar-refractivity contribution in [3.8, 4) is 0 Å². The van der Waals surface area contributed by atoms with Gasteiger partial charge in [-0.1, -0.05) is 29.3 Å². The fourth-order valence-electron chi connectivity index (χ4n) is 2.34. The first-order valence-corrected chi connectivity index (χ1v) is 7.33. The molecule has 0 spiro atoms. The average molecular weight is 304 g/mol. The van der Waals surface area contributed by atoms with Crippen molar-refractivity contribution in [1.82, 2.24) is 4.90 Å². The normalized spacial score (nSPS) is 17.8. The zero-order valence-electron chi connectivity index (χ0n) is 10.8. The van der Waals surface area contributed by atoms with Gasteiger partial charge in [-0.25, -0.2) is 0 Å². The number of hydrogen-bond acceptors (Lipinski definition) is 3. The van der Waals surface area contributed by atoms with E-state index in [9.17, 15) is 0 Å². The summed E-state index contributed by atoms with van der Waals surface area (Å²) in [5, 5.41) is 10.1. The molecule has 0 radical (unpaired) electrons. The Morgan fingerprint density at radius 2 is 2.00 bits per heavy atom. The van der Waals surface area contributed by atoms with Crippen molar-refractivity contribution in [2.45, 2.75) is 25.5 Å². The van der Waals surface area contributed by atoms with Crippen LogP contribution >= 0.6 is 23.2 Å². The van der Waals surface area contributed by atoms with Crippen LogP contribution in [0.3, 0.4) is 0 Å². The number of halogens is 2. The first-order valence-electron chi connectivity index (χ1n) is 6.58. The number of nitrogens with zero attached hydrogens (tertiary/aromatic N) is 1. The SMILES string of the molecule is OCCOC1CCN(Cc2ccc(Cl)cc2Cl)CC1. The molecule has 106 valence electrons. The Bertz CT molecular complexity index is 406. The largest absolute Gasteiger partial charge is 0.394 e. The summed E-state index contributed by atoms with van der Waals surface area (Å²) in [5.74, 6) is 0. The second-order valence-corrected chi connectivity index (χ2v) is 5.65. The van der Waals surface area contributed by atoms with Crippen LogP contribution in [-0.2, 0) is 11.3 Å². The van der Waals surface area contributed by atoms with Gasteiger partial charge in [0.1, 0.15) is 0 Å². The molecule has 1 aromatic rings. The first kappa shape index (κ1) is 15.1. The monoisotopic (exact) mass is 303 g/mol. The molecule has 1 aliphatic rings. The third-order valence-electron chi connectivity index (χ3n) is 3.39. The molecule has 5 heteroatoms. The summed E-state index contributed by atoms with van der Waals surface area (Å²) in [6.07, 6.45) is 2.29. The number of likely N-dealkylation sites (tertiary alicyclic amines) is 1. The molecule has 0 amide bonds. The van der Waals surface area contributed by atoms with E-state index in [1.165, 1.54) is 0 Å². The lowest BCUT2D eigenvalue weighted by Crippen LogP contribution is -2.36. The van der Waals surface area contributed by atoms with E-state index in [1.807, 2.05) is 12.1 Å². The van der Waals surface area contributed by atoms with E-state index in [-0.39, 0.29) is 12.7 Å². The molecule has 19 heavy (non-hydrogen) atoms. The minimum absolute atomic E-state index is 0.0978. The van der Waals surface area contributed by atoms with E-state index in [1.54, 1.807) is 6.07 Å². The first-order chi connectivity index (χ1) is 9.19. The molecule has 3 nitrogen and oxygen atoms in total. The minimum Gasteiger partial charge on any atom is -0.394 e. The topological polar surface area (TPSA) is 32.7 Å². The number of ether oxygens (including phenoxy) is 1. The Labute approximate surface area is 124 Å². The minimum atomic E-state index is 0.0978. The molecular formula is C14H19Cl2NO2. The van der Waals surface area contributed by atoms with E-state index >= 15 is 0 Å². The van der Waals surface area contributed by atoms with E-state index < -0.39 is 0 Å². The van der Waals surface area contributed by atoms with Crippen molar-refractivity contribution in [3.63, 3.8) is 0 Å². The highest BCUT2D eigenvalue weighted by atomic mass is 35.5. The molecular weight excluding hydrogens is 285 g/mol. The molecule has 0 bridgehead atoms. The second kappa shape index (κ2) is 7.46. The third-order valence-corrected chi connectivity index (χ3v) is 3.98. The van der Waals surface area contributed by atoms with Crippen LogP contribution < -0.4 is 0 Å². The molecule has 0 aliphatic carbocycles. The molecule has 0 saturated carbocycles. The maximum Gasteiger partial charge on any atom is 0.0701 e. The fraction of sp³-hybridized carbons (Fsp3) is 0.571. The number of piperidine rings is 1. The zero-order valence-corrected chi connectivity index (χ0v) is 12.3. The maximum absolute atomic E-state index is 8.74. The molecule has 0 aromatic heterocycles. The Morgan fingerprint density at radius 1 is 1.26 bits per heavy atom. The molecule has 1 aliphatic heterocycles. The highest BCUT2D eigenvalue weighted by Crippen LogP contribution is 2.24. The van der Waals surface area contributed by atoms with Crippen molar-refractivity contribution in [2.75, 3.05) is 26.3 Å². The lowest BCUT2D eigenvalue weighted by molar-refractivity contribution is -0.00900. The molecule has 2 rings (SSSR count). The second-order valence-electron chi connectivity index (χ2n) is 4.81. The maximum atomic E-state index is 8.74. The molecule has 0 unspecified atom stereocenters. The van der Waals surface area contributed by atoms with Gasteiger partial charge in [0.2, 0.25) is 0 Å². The van der Waals surface area contributed by atoms with Crippen molar-refractivity contribution < 1.29 is 9.84 Å². The van der Waals surface area contributed by atoms with E-state index in [0.29, 0.717) is 11.6 Å². The smallest absolute Gasteiger partial charge is 0.0701 e. The van der Waals surface area contributed by atoms with Crippen LogP contribution in [0.4, 0.5) is 0 Å². The van der Waals surface area contributed by atoms with Gasteiger partial charge in [-0.3, -0.25) is 4.90 Å². The molecule has 0 atom stereocenters. The van der Waals surface area contributed by atoms with Crippen LogP contribution in [0.5, 0.6) is 0 Å². The summed E-state index contributed by atoms with van der Waals surface area (Å²) in [7, 11) is 0. The van der Waals surface area contributed by atoms with Crippen LogP contribution in [0.25, 0.3) is 0 Å². The zero-order chi connectivity index (χ0) is 13.7. The van der Waals surface area contributed by atoms with Gasteiger partial charge >= 0.3 is 0 Å². The lowest BCUT2D eigenvalue weighted by Gasteiger charge is -2.32. The number of benzene rings is 1. The predicted octanol–water partition coefficient (Wildman–Crippen LogP) is 2.97. The molecule has 1 heterocycles. The van der Waals surface area contributed by atoms with Gasteiger partial charge < -0.3 is 9.84 Å². The van der Waals surface area contributed by atoms with Crippen molar-refractivity contribution in [2.24, 2.45) is 0 Å². The Kier molecular flexibility index (Phi) is 5.92. The summed E-state index contributed by atoms with van der Waals surface area (Å²) in [6, 6.07) is 5.65.